The third-order valence-corrected chi connectivity index (χ3v) is 10.3. The smallest absolute Gasteiger partial charge is 0.305 e. The largest absolute Gasteiger partial charge is 0.481 e. The number of primary amides is 1. The van der Waals surface area contributed by atoms with Crippen LogP contribution in [-0.4, -0.2) is 172 Å². The van der Waals surface area contributed by atoms with E-state index in [9.17, 15) is 73.2 Å². The van der Waals surface area contributed by atoms with Crippen LogP contribution in [0.4, 0.5) is 0 Å². The fourth-order valence-corrected chi connectivity index (χ4v) is 6.43. The molecule has 22 N–H and O–H groups in total. The molecule has 0 rings (SSSR count). The average Bonchev–Trinajstić information content (AvgIpc) is 3.25. The van der Waals surface area contributed by atoms with Gasteiger partial charge in [0.1, 0.15) is 48.3 Å². The molecule has 402 valence electrons. The number of hydrogen-bond acceptors (Lipinski definition) is 15. The molecule has 0 aliphatic carbocycles. The maximum atomic E-state index is 13.8. The molecule has 30 heteroatoms. The Labute approximate surface area is 409 Å². The predicted molar refractivity (Wildman–Crippen MR) is 252 cm³/mol. The van der Waals surface area contributed by atoms with Gasteiger partial charge in [0.05, 0.1) is 25.6 Å². The van der Waals surface area contributed by atoms with Gasteiger partial charge in [-0.3, -0.25) is 62.7 Å². The van der Waals surface area contributed by atoms with Crippen LogP contribution in [0.5, 0.6) is 0 Å². The second-order valence-corrected chi connectivity index (χ2v) is 17.0. The van der Waals surface area contributed by atoms with Crippen LogP contribution in [-0.2, 0) is 52.7 Å². The van der Waals surface area contributed by atoms with Crippen LogP contribution >= 0.6 is 0 Å². The van der Waals surface area contributed by atoms with Crippen molar-refractivity contribution in [1.29, 1.82) is 0 Å². The van der Waals surface area contributed by atoms with Crippen molar-refractivity contribution in [2.75, 3.05) is 19.7 Å². The SMILES string of the molecule is CC[C@H](C)[C@H](NC(=O)[C@H](CC(=O)O)NC(=O)[C@@H](NC(=O)[C@H](CCCN=C(N)N)NC(C)=O)[C@@H](C)O)C(=O)N[C@H](CC(=O)O)C(=O)N[C@@H](CO)C(=O)N[C@@H](CC(C)C)C(=O)N[C@@H](CCCN=C(N)N)C(N)=O. The first-order valence-electron chi connectivity index (χ1n) is 22.6. The first kappa shape index (κ1) is 63.6. The van der Waals surface area contributed by atoms with E-state index in [2.05, 4.69) is 52.5 Å². The molecule has 0 aromatic heterocycles. The molecule has 0 aliphatic rings. The average molecular weight is 1020 g/mol. The third kappa shape index (κ3) is 25.7. The van der Waals surface area contributed by atoms with Crippen LogP contribution in [0.3, 0.4) is 0 Å². The maximum Gasteiger partial charge on any atom is 0.305 e. The molecule has 0 heterocycles. The fourth-order valence-electron chi connectivity index (χ4n) is 6.43. The summed E-state index contributed by atoms with van der Waals surface area (Å²) in [7, 11) is 0. The summed E-state index contributed by atoms with van der Waals surface area (Å²) in [6.07, 6.45) is -3.35. The Morgan fingerprint density at radius 1 is 0.507 bits per heavy atom. The van der Waals surface area contributed by atoms with Crippen molar-refractivity contribution in [3.63, 3.8) is 0 Å². The topological polar surface area (TPSA) is 520 Å². The number of carbonyl (C=O) groups excluding carboxylic acids is 9. The fraction of sp³-hybridized carbons (Fsp3) is 0.683. The van der Waals surface area contributed by atoms with Crippen LogP contribution < -0.4 is 71.2 Å². The number of carboxylic acids is 2. The minimum atomic E-state index is -1.99. The van der Waals surface area contributed by atoms with Crippen molar-refractivity contribution in [1.82, 2.24) is 42.5 Å². The minimum absolute atomic E-state index is 0.0116. The number of amides is 9. The summed E-state index contributed by atoms with van der Waals surface area (Å²) in [5, 5.41) is 58.1. The van der Waals surface area contributed by atoms with Crippen molar-refractivity contribution < 1.29 is 73.2 Å². The van der Waals surface area contributed by atoms with Crippen LogP contribution in [0.25, 0.3) is 0 Å². The molecule has 0 spiro atoms. The number of nitrogens with two attached hydrogens (primary N) is 5. The highest BCUT2D eigenvalue weighted by Gasteiger charge is 2.37. The second-order valence-electron chi connectivity index (χ2n) is 17.0. The zero-order valence-corrected chi connectivity index (χ0v) is 40.7. The molecule has 0 aliphatic heterocycles. The maximum absolute atomic E-state index is 13.8. The Morgan fingerprint density at radius 2 is 0.887 bits per heavy atom. The van der Waals surface area contributed by atoms with Gasteiger partial charge in [-0.25, -0.2) is 0 Å². The molecule has 0 bridgehead atoms. The molecule has 0 aromatic carbocycles. The van der Waals surface area contributed by atoms with E-state index in [1.54, 1.807) is 20.8 Å². The second kappa shape index (κ2) is 32.4. The molecule has 10 atom stereocenters. The van der Waals surface area contributed by atoms with Gasteiger partial charge in [0.2, 0.25) is 53.2 Å². The van der Waals surface area contributed by atoms with Crippen molar-refractivity contribution in [3.8, 4) is 0 Å². The van der Waals surface area contributed by atoms with Gasteiger partial charge < -0.3 is 91.6 Å². The van der Waals surface area contributed by atoms with E-state index in [4.69, 9.17) is 28.7 Å². The molecule has 9 amide bonds. The highest BCUT2D eigenvalue weighted by Crippen LogP contribution is 2.12. The van der Waals surface area contributed by atoms with Crippen molar-refractivity contribution >= 4 is 77.0 Å². The number of carboxylic acid groups (broad SMARTS) is 2. The summed E-state index contributed by atoms with van der Waals surface area (Å²) in [4.78, 5) is 150. The Bertz CT molecular complexity index is 1930. The first-order valence-corrected chi connectivity index (χ1v) is 22.6. The normalized spacial score (nSPS) is 15.1. The quantitative estimate of drug-likeness (QED) is 0.0162. The van der Waals surface area contributed by atoms with E-state index in [0.717, 1.165) is 13.8 Å². The predicted octanol–water partition coefficient (Wildman–Crippen LogP) is -7.11. The zero-order valence-electron chi connectivity index (χ0n) is 40.7. The van der Waals surface area contributed by atoms with Crippen LogP contribution in [0.1, 0.15) is 92.9 Å². The molecule has 0 saturated heterocycles. The van der Waals surface area contributed by atoms with Crippen LogP contribution in [0.15, 0.2) is 9.98 Å². The van der Waals surface area contributed by atoms with Crippen LogP contribution in [0.2, 0.25) is 0 Å². The van der Waals surface area contributed by atoms with Gasteiger partial charge in [0, 0.05) is 20.0 Å². The van der Waals surface area contributed by atoms with Gasteiger partial charge in [0.15, 0.2) is 11.9 Å². The van der Waals surface area contributed by atoms with E-state index < -0.39 is 145 Å². The van der Waals surface area contributed by atoms with E-state index in [1.165, 1.54) is 6.92 Å². The number of aliphatic hydroxyl groups is 2. The number of aliphatic imine (C=N–C) groups is 2. The van der Waals surface area contributed by atoms with E-state index >= 15 is 0 Å². The lowest BCUT2D eigenvalue weighted by Gasteiger charge is -2.29. The molecule has 0 unspecified atom stereocenters. The summed E-state index contributed by atoms with van der Waals surface area (Å²) in [6, 6.07) is -13.1. The molecule has 0 saturated carbocycles. The first-order chi connectivity index (χ1) is 33.0. The van der Waals surface area contributed by atoms with Crippen molar-refractivity contribution in [3.05, 3.63) is 0 Å². The number of carbonyl (C=O) groups is 11. The highest BCUT2D eigenvalue weighted by molar-refractivity contribution is 5.99. The Hall–Kier alpha value is -7.37. The van der Waals surface area contributed by atoms with Crippen molar-refractivity contribution in [2.24, 2.45) is 50.5 Å². The van der Waals surface area contributed by atoms with E-state index in [-0.39, 0.29) is 69.5 Å². The molecule has 0 radical (unpaired) electrons. The lowest BCUT2D eigenvalue weighted by Crippen LogP contribution is -2.62. The lowest BCUT2D eigenvalue weighted by atomic mass is 9.97. The third-order valence-electron chi connectivity index (χ3n) is 10.3. The number of aliphatic hydroxyl groups excluding tert-OH is 2. The molecule has 0 fully saturated rings. The monoisotopic (exact) mass is 1020 g/mol. The van der Waals surface area contributed by atoms with Crippen LogP contribution in [0, 0.1) is 11.8 Å². The number of hydrogen-bond donors (Lipinski definition) is 17. The number of rotatable bonds is 34. The van der Waals surface area contributed by atoms with Gasteiger partial charge in [-0.15, -0.1) is 0 Å². The van der Waals surface area contributed by atoms with Gasteiger partial charge in [0.25, 0.3) is 0 Å². The molecular formula is C41H73N15O15. The van der Waals surface area contributed by atoms with Gasteiger partial charge in [-0.1, -0.05) is 34.1 Å². The van der Waals surface area contributed by atoms with Gasteiger partial charge in [-0.05, 0) is 50.9 Å². The summed E-state index contributed by atoms with van der Waals surface area (Å²) < 4.78 is 0. The molecule has 0 aromatic rings. The van der Waals surface area contributed by atoms with E-state index in [0.29, 0.717) is 0 Å². The standard InChI is InChI=1S/C41H73N15O15/c1-7-19(4)30(55-36(68)26(16-29(62)63)53-39(71)31(20(5)58)56-33(65)23(49-21(6)59)11-9-13-48-41(45)46)38(70)52-25(15-28(60)61)35(67)54-27(17-57)37(69)51-24(14-18(2)3)34(66)50-22(32(42)64)10-8-12-47-40(43)44/h18-20,22-27,30-31,57-58H,7-17H2,1-6H3,(H2,42,64)(H,49,59)(H,50,66)(H,51,69)(H,52,70)(H,53,71)(H,54,67)(H,55,68)(H,56,65)(H,60,61)(H,62,63)(H4,43,44,47)(H4,45,46,48)/t19-,20+,22-,23-,24-,25+,26-,27-,30-,31-/m0/s1. The van der Waals surface area contributed by atoms with Gasteiger partial charge >= 0.3 is 11.9 Å². The Kier molecular flexibility index (Phi) is 29.1. The Balaban J connectivity index is 6.42. The lowest BCUT2D eigenvalue weighted by molar-refractivity contribution is -0.142. The van der Waals surface area contributed by atoms with E-state index in [1.807, 2.05) is 0 Å². The highest BCUT2D eigenvalue weighted by atomic mass is 16.4. The summed E-state index contributed by atoms with van der Waals surface area (Å²) in [6.45, 7) is 7.75. The molecule has 30 nitrogen and oxygen atoms in total. The molecule has 71 heavy (non-hydrogen) atoms. The summed E-state index contributed by atoms with van der Waals surface area (Å²) >= 11 is 0. The molecular weight excluding hydrogens is 943 g/mol. The number of aliphatic carboxylic acids is 2. The number of nitrogens with zero attached hydrogens (tertiary/aromatic N) is 2. The minimum Gasteiger partial charge on any atom is -0.481 e. The summed E-state index contributed by atoms with van der Waals surface area (Å²) in [5.41, 5.74) is 26.7. The Morgan fingerprint density at radius 3 is 1.30 bits per heavy atom. The van der Waals surface area contributed by atoms with Gasteiger partial charge in [-0.2, -0.15) is 0 Å². The number of nitrogens with one attached hydrogen (secondary N) is 8. The van der Waals surface area contributed by atoms with Crippen molar-refractivity contribution in [2.45, 2.75) is 147 Å². The number of guanidine groups is 2. The summed E-state index contributed by atoms with van der Waals surface area (Å²) in [5.74, 6) is -14.3. The zero-order chi connectivity index (χ0) is 54.7.